The SMILES string of the molecule is COc1ccc(OC)c(C(=O)CCC(C)CCN)c1. The van der Waals surface area contributed by atoms with Crippen LogP contribution in [-0.2, 0) is 0 Å². The fourth-order valence-corrected chi connectivity index (χ4v) is 1.97. The number of ketones is 1. The molecule has 0 aromatic heterocycles. The Kier molecular flexibility index (Phi) is 6.36. The van der Waals surface area contributed by atoms with Gasteiger partial charge in [0, 0.05) is 6.42 Å². The minimum absolute atomic E-state index is 0.0830. The molecule has 1 atom stereocenters. The van der Waals surface area contributed by atoms with Crippen LogP contribution < -0.4 is 15.2 Å². The van der Waals surface area contributed by atoms with Crippen LogP contribution in [0.5, 0.6) is 11.5 Å². The van der Waals surface area contributed by atoms with Gasteiger partial charge in [-0.15, -0.1) is 0 Å². The molecule has 0 saturated carbocycles. The van der Waals surface area contributed by atoms with E-state index in [1.165, 1.54) is 0 Å². The molecule has 0 aliphatic heterocycles. The van der Waals surface area contributed by atoms with E-state index in [0.717, 1.165) is 12.8 Å². The summed E-state index contributed by atoms with van der Waals surface area (Å²) in [6.07, 6.45) is 2.30. The van der Waals surface area contributed by atoms with E-state index >= 15 is 0 Å². The van der Waals surface area contributed by atoms with Gasteiger partial charge in [0.05, 0.1) is 19.8 Å². The van der Waals surface area contributed by atoms with Gasteiger partial charge < -0.3 is 15.2 Å². The van der Waals surface area contributed by atoms with Crippen molar-refractivity contribution in [2.45, 2.75) is 26.2 Å². The first kappa shape index (κ1) is 15.5. The van der Waals surface area contributed by atoms with Crippen LogP contribution in [0.1, 0.15) is 36.5 Å². The smallest absolute Gasteiger partial charge is 0.166 e. The van der Waals surface area contributed by atoms with Crippen molar-refractivity contribution in [3.63, 3.8) is 0 Å². The van der Waals surface area contributed by atoms with Gasteiger partial charge in [0.1, 0.15) is 11.5 Å². The molecule has 0 aliphatic carbocycles. The predicted molar refractivity (Wildman–Crippen MR) is 75.9 cm³/mol. The summed E-state index contributed by atoms with van der Waals surface area (Å²) in [6, 6.07) is 5.27. The Morgan fingerprint density at radius 3 is 2.58 bits per heavy atom. The summed E-state index contributed by atoms with van der Waals surface area (Å²) in [4.78, 5) is 12.2. The Morgan fingerprint density at radius 1 is 1.26 bits per heavy atom. The van der Waals surface area contributed by atoms with Crippen molar-refractivity contribution in [1.82, 2.24) is 0 Å². The predicted octanol–water partition coefficient (Wildman–Crippen LogP) is 2.65. The number of methoxy groups -OCH3 is 2. The topological polar surface area (TPSA) is 61.5 Å². The summed E-state index contributed by atoms with van der Waals surface area (Å²) in [6.45, 7) is 2.78. The van der Waals surface area contributed by atoms with Crippen molar-refractivity contribution >= 4 is 5.78 Å². The number of rotatable bonds is 8. The first-order valence-electron chi connectivity index (χ1n) is 6.57. The van der Waals surface area contributed by atoms with Gasteiger partial charge in [0.15, 0.2) is 5.78 Å². The van der Waals surface area contributed by atoms with Crippen molar-refractivity contribution in [3.8, 4) is 11.5 Å². The second kappa shape index (κ2) is 7.79. The molecule has 0 radical (unpaired) electrons. The standard InChI is InChI=1S/C15H23NO3/c1-11(8-9-16)4-6-14(17)13-10-12(18-2)5-7-15(13)19-3/h5,7,10-11H,4,6,8-9,16H2,1-3H3. The van der Waals surface area contributed by atoms with E-state index in [2.05, 4.69) is 6.92 Å². The summed E-state index contributed by atoms with van der Waals surface area (Å²) in [5.74, 6) is 1.81. The lowest BCUT2D eigenvalue weighted by Gasteiger charge is -2.12. The van der Waals surface area contributed by atoms with Crippen LogP contribution in [0.4, 0.5) is 0 Å². The lowest BCUT2D eigenvalue weighted by molar-refractivity contribution is 0.0970. The van der Waals surface area contributed by atoms with E-state index in [1.54, 1.807) is 32.4 Å². The summed E-state index contributed by atoms with van der Waals surface area (Å²) in [5, 5.41) is 0. The van der Waals surface area contributed by atoms with Crippen molar-refractivity contribution in [3.05, 3.63) is 23.8 Å². The van der Waals surface area contributed by atoms with Gasteiger partial charge in [-0.25, -0.2) is 0 Å². The number of hydrogen-bond donors (Lipinski definition) is 1. The molecule has 4 nitrogen and oxygen atoms in total. The van der Waals surface area contributed by atoms with Gasteiger partial charge in [0.2, 0.25) is 0 Å². The molecule has 1 aromatic carbocycles. The third-order valence-corrected chi connectivity index (χ3v) is 3.23. The number of nitrogens with two attached hydrogens (primary N) is 1. The van der Waals surface area contributed by atoms with E-state index in [-0.39, 0.29) is 5.78 Å². The van der Waals surface area contributed by atoms with Crippen LogP contribution in [0.25, 0.3) is 0 Å². The zero-order valence-corrected chi connectivity index (χ0v) is 11.9. The number of carbonyl (C=O) groups excluding carboxylic acids is 1. The fraction of sp³-hybridized carbons (Fsp3) is 0.533. The molecule has 1 rings (SSSR count). The van der Waals surface area contributed by atoms with Crippen LogP contribution in [-0.4, -0.2) is 26.5 Å². The fourth-order valence-electron chi connectivity index (χ4n) is 1.97. The molecule has 1 aromatic rings. The molecule has 0 bridgehead atoms. The van der Waals surface area contributed by atoms with Gasteiger partial charge in [0.25, 0.3) is 0 Å². The highest BCUT2D eigenvalue weighted by Gasteiger charge is 2.14. The molecule has 0 fully saturated rings. The van der Waals surface area contributed by atoms with E-state index in [0.29, 0.717) is 35.9 Å². The van der Waals surface area contributed by atoms with E-state index in [4.69, 9.17) is 15.2 Å². The van der Waals surface area contributed by atoms with Crippen molar-refractivity contribution in [2.24, 2.45) is 11.7 Å². The number of benzene rings is 1. The first-order chi connectivity index (χ1) is 9.12. The highest BCUT2D eigenvalue weighted by Crippen LogP contribution is 2.26. The summed E-state index contributed by atoms with van der Waals surface area (Å²) in [5.41, 5.74) is 6.09. The van der Waals surface area contributed by atoms with E-state index < -0.39 is 0 Å². The van der Waals surface area contributed by atoms with E-state index in [9.17, 15) is 4.79 Å². The van der Waals surface area contributed by atoms with E-state index in [1.807, 2.05) is 0 Å². The normalized spacial score (nSPS) is 12.0. The maximum atomic E-state index is 12.2. The molecule has 0 aliphatic rings. The molecule has 4 heteroatoms. The molecule has 106 valence electrons. The van der Waals surface area contributed by atoms with Gasteiger partial charge >= 0.3 is 0 Å². The number of Topliss-reactive ketones (excluding diaryl/α,β-unsaturated/α-hetero) is 1. The second-order valence-electron chi connectivity index (χ2n) is 4.71. The Hall–Kier alpha value is -1.55. The zero-order chi connectivity index (χ0) is 14.3. The molecular weight excluding hydrogens is 242 g/mol. The highest BCUT2D eigenvalue weighted by atomic mass is 16.5. The van der Waals surface area contributed by atoms with Crippen LogP contribution >= 0.6 is 0 Å². The monoisotopic (exact) mass is 265 g/mol. The Bertz CT molecular complexity index is 418. The van der Waals surface area contributed by atoms with Crippen LogP contribution in [0.2, 0.25) is 0 Å². The van der Waals surface area contributed by atoms with Crippen LogP contribution in [0.15, 0.2) is 18.2 Å². The van der Waals surface area contributed by atoms with Crippen molar-refractivity contribution < 1.29 is 14.3 Å². The Labute approximate surface area is 114 Å². The second-order valence-corrected chi connectivity index (χ2v) is 4.71. The highest BCUT2D eigenvalue weighted by molar-refractivity contribution is 5.99. The number of hydrogen-bond acceptors (Lipinski definition) is 4. The average molecular weight is 265 g/mol. The molecule has 0 heterocycles. The van der Waals surface area contributed by atoms with Gasteiger partial charge in [-0.2, -0.15) is 0 Å². The third-order valence-electron chi connectivity index (χ3n) is 3.23. The lowest BCUT2D eigenvalue weighted by atomic mass is 9.97. The minimum atomic E-state index is 0.0830. The van der Waals surface area contributed by atoms with Crippen molar-refractivity contribution in [1.29, 1.82) is 0 Å². The van der Waals surface area contributed by atoms with Crippen LogP contribution in [0, 0.1) is 5.92 Å². The quantitative estimate of drug-likeness (QED) is 0.734. The summed E-state index contributed by atoms with van der Waals surface area (Å²) in [7, 11) is 3.15. The number of ether oxygens (including phenoxy) is 2. The molecular formula is C15H23NO3. The first-order valence-corrected chi connectivity index (χ1v) is 6.57. The third kappa shape index (κ3) is 4.56. The van der Waals surface area contributed by atoms with Crippen molar-refractivity contribution in [2.75, 3.05) is 20.8 Å². The summed E-state index contributed by atoms with van der Waals surface area (Å²) < 4.78 is 10.4. The molecule has 2 N–H and O–H groups in total. The average Bonchev–Trinajstić information content (AvgIpc) is 2.44. The summed E-state index contributed by atoms with van der Waals surface area (Å²) >= 11 is 0. The molecule has 0 amide bonds. The Balaban J connectivity index is 2.74. The maximum absolute atomic E-state index is 12.2. The van der Waals surface area contributed by atoms with Gasteiger partial charge in [-0.1, -0.05) is 6.92 Å². The molecule has 0 saturated heterocycles. The number of carbonyl (C=O) groups is 1. The molecule has 1 unspecified atom stereocenters. The maximum Gasteiger partial charge on any atom is 0.166 e. The Morgan fingerprint density at radius 2 is 2.00 bits per heavy atom. The molecule has 19 heavy (non-hydrogen) atoms. The lowest BCUT2D eigenvalue weighted by Crippen LogP contribution is -2.09. The zero-order valence-electron chi connectivity index (χ0n) is 11.9. The van der Waals surface area contributed by atoms with Gasteiger partial charge in [-0.3, -0.25) is 4.79 Å². The minimum Gasteiger partial charge on any atom is -0.497 e. The molecule has 0 spiro atoms. The van der Waals surface area contributed by atoms with Crippen LogP contribution in [0.3, 0.4) is 0 Å². The van der Waals surface area contributed by atoms with Gasteiger partial charge in [-0.05, 0) is 43.5 Å². The largest absolute Gasteiger partial charge is 0.497 e.